The third kappa shape index (κ3) is 8.70. The molecular formula is C14H23Cl2IN4O2S. The molecule has 1 unspecified atom stereocenters. The summed E-state index contributed by atoms with van der Waals surface area (Å²) in [6.45, 7) is 4.26. The number of sulfonamides is 1. The summed E-state index contributed by atoms with van der Waals surface area (Å²) in [6, 6.07) is 5.13. The van der Waals surface area contributed by atoms with E-state index >= 15 is 0 Å². The minimum Gasteiger partial charge on any atom is -0.370 e. The zero-order valence-corrected chi connectivity index (χ0v) is 18.2. The zero-order valence-electron chi connectivity index (χ0n) is 13.6. The number of guanidine groups is 1. The molecular weight excluding hydrogens is 486 g/mol. The Labute approximate surface area is 170 Å². The van der Waals surface area contributed by atoms with Crippen LogP contribution in [-0.2, 0) is 10.0 Å². The van der Waals surface area contributed by atoms with E-state index in [9.17, 15) is 8.42 Å². The molecule has 0 radical (unpaired) electrons. The fourth-order valence-corrected chi connectivity index (χ4v) is 3.04. The van der Waals surface area contributed by atoms with Crippen LogP contribution in [0.2, 0.25) is 10.0 Å². The number of nitrogens with one attached hydrogen (secondary N) is 2. The van der Waals surface area contributed by atoms with Crippen molar-refractivity contribution in [3.63, 3.8) is 0 Å². The van der Waals surface area contributed by atoms with Gasteiger partial charge in [-0.2, -0.15) is 0 Å². The van der Waals surface area contributed by atoms with Crippen molar-refractivity contribution in [1.82, 2.24) is 10.0 Å². The molecule has 0 heterocycles. The van der Waals surface area contributed by atoms with Crippen molar-refractivity contribution in [2.24, 2.45) is 10.7 Å². The Balaban J connectivity index is 0.00000529. The van der Waals surface area contributed by atoms with Gasteiger partial charge in [-0.3, -0.25) is 4.99 Å². The van der Waals surface area contributed by atoms with Gasteiger partial charge < -0.3 is 11.1 Å². The van der Waals surface area contributed by atoms with Gasteiger partial charge in [0.2, 0.25) is 10.0 Å². The summed E-state index contributed by atoms with van der Waals surface area (Å²) < 4.78 is 25.0. The average Bonchev–Trinajstić information content (AvgIpc) is 2.46. The van der Waals surface area contributed by atoms with E-state index in [1.54, 1.807) is 19.1 Å². The number of hydrogen-bond donors (Lipinski definition) is 3. The van der Waals surface area contributed by atoms with E-state index in [-0.39, 0.29) is 41.7 Å². The molecule has 0 spiro atoms. The van der Waals surface area contributed by atoms with Crippen LogP contribution in [0.4, 0.5) is 0 Å². The van der Waals surface area contributed by atoms with Crippen molar-refractivity contribution < 1.29 is 8.42 Å². The largest absolute Gasteiger partial charge is 0.370 e. The summed E-state index contributed by atoms with van der Waals surface area (Å²) in [7, 11) is -3.15. The first kappa shape index (κ1) is 23.7. The fourth-order valence-electron chi connectivity index (χ4n) is 1.81. The molecule has 1 aromatic carbocycles. The Morgan fingerprint density at radius 3 is 2.62 bits per heavy atom. The van der Waals surface area contributed by atoms with E-state index in [1.165, 1.54) is 0 Å². The summed E-state index contributed by atoms with van der Waals surface area (Å²) in [5, 5.41) is 4.16. The molecule has 0 amide bonds. The van der Waals surface area contributed by atoms with Crippen molar-refractivity contribution in [3.05, 3.63) is 33.8 Å². The van der Waals surface area contributed by atoms with E-state index in [0.717, 1.165) is 5.56 Å². The van der Waals surface area contributed by atoms with Gasteiger partial charge in [0.1, 0.15) is 0 Å². The minimum absolute atomic E-state index is 0. The lowest BCUT2D eigenvalue weighted by molar-refractivity contribution is 0.581. The molecule has 6 nitrogen and oxygen atoms in total. The van der Waals surface area contributed by atoms with Crippen LogP contribution >= 0.6 is 47.2 Å². The first-order valence-corrected chi connectivity index (χ1v) is 9.64. The van der Waals surface area contributed by atoms with Gasteiger partial charge >= 0.3 is 0 Å². The lowest BCUT2D eigenvalue weighted by atomic mass is 10.1. The highest BCUT2D eigenvalue weighted by molar-refractivity contribution is 14.0. The van der Waals surface area contributed by atoms with Gasteiger partial charge in [-0.25, -0.2) is 13.1 Å². The summed E-state index contributed by atoms with van der Waals surface area (Å²) >= 11 is 12.0. The number of nitrogens with zero attached hydrogens (tertiary/aromatic N) is 1. The Morgan fingerprint density at radius 1 is 1.38 bits per heavy atom. The maximum atomic E-state index is 11.2. The van der Waals surface area contributed by atoms with Crippen LogP contribution in [0.25, 0.3) is 0 Å². The Hall–Kier alpha value is -0.290. The van der Waals surface area contributed by atoms with Crippen molar-refractivity contribution >= 4 is 63.2 Å². The summed E-state index contributed by atoms with van der Waals surface area (Å²) in [5.74, 6) is 0.348. The molecule has 138 valence electrons. The van der Waals surface area contributed by atoms with Gasteiger partial charge in [0.15, 0.2) is 5.96 Å². The van der Waals surface area contributed by atoms with Gasteiger partial charge in [-0.1, -0.05) is 29.3 Å². The van der Waals surface area contributed by atoms with E-state index in [0.29, 0.717) is 29.6 Å². The number of nitrogens with two attached hydrogens (primary N) is 1. The molecule has 0 fully saturated rings. The molecule has 0 saturated carbocycles. The normalized spacial score (nSPS) is 13.2. The van der Waals surface area contributed by atoms with Crippen LogP contribution in [-0.4, -0.2) is 33.2 Å². The van der Waals surface area contributed by atoms with Gasteiger partial charge in [0.25, 0.3) is 0 Å². The third-order valence-electron chi connectivity index (χ3n) is 3.11. The molecule has 1 rings (SSSR count). The van der Waals surface area contributed by atoms with Gasteiger partial charge in [-0.15, -0.1) is 24.0 Å². The maximum Gasteiger partial charge on any atom is 0.211 e. The van der Waals surface area contributed by atoms with Crippen molar-refractivity contribution in [1.29, 1.82) is 0 Å². The van der Waals surface area contributed by atoms with E-state index < -0.39 is 10.0 Å². The first-order valence-electron chi connectivity index (χ1n) is 7.24. The highest BCUT2D eigenvalue weighted by atomic mass is 127. The average molecular weight is 509 g/mol. The summed E-state index contributed by atoms with van der Waals surface area (Å²) in [4.78, 5) is 4.16. The standard InChI is InChI=1S/C14H22Cl2N4O2S.HI/c1-3-23(21,22)19-8-4-7-18-14(17)20-10(2)12-6-5-11(15)9-13(12)16;/h5-6,9-10,19H,3-4,7-8H2,1-2H3,(H3,17,18,20);1H. The SMILES string of the molecule is CCS(=O)(=O)NCCCN=C(N)NC(C)c1ccc(Cl)cc1Cl.I. The van der Waals surface area contributed by atoms with E-state index in [4.69, 9.17) is 28.9 Å². The van der Waals surface area contributed by atoms with Crippen LogP contribution in [0.3, 0.4) is 0 Å². The van der Waals surface area contributed by atoms with E-state index in [1.807, 2.05) is 13.0 Å². The molecule has 4 N–H and O–H groups in total. The van der Waals surface area contributed by atoms with Crippen LogP contribution in [0, 0.1) is 0 Å². The van der Waals surface area contributed by atoms with Crippen LogP contribution in [0.15, 0.2) is 23.2 Å². The highest BCUT2D eigenvalue weighted by Crippen LogP contribution is 2.25. The van der Waals surface area contributed by atoms with Gasteiger partial charge in [0.05, 0.1) is 11.8 Å². The van der Waals surface area contributed by atoms with Crippen LogP contribution in [0.1, 0.15) is 31.9 Å². The molecule has 0 aliphatic rings. The molecule has 0 bridgehead atoms. The molecule has 0 aliphatic carbocycles. The van der Waals surface area contributed by atoms with Gasteiger partial charge in [0, 0.05) is 23.1 Å². The molecule has 0 saturated heterocycles. The van der Waals surface area contributed by atoms with Crippen LogP contribution in [0.5, 0.6) is 0 Å². The molecule has 0 aliphatic heterocycles. The highest BCUT2D eigenvalue weighted by Gasteiger charge is 2.10. The summed E-state index contributed by atoms with van der Waals surface area (Å²) in [6.07, 6.45) is 0.567. The quantitative estimate of drug-likeness (QED) is 0.218. The topological polar surface area (TPSA) is 96.6 Å². The van der Waals surface area contributed by atoms with Crippen molar-refractivity contribution in [2.75, 3.05) is 18.8 Å². The van der Waals surface area contributed by atoms with Crippen LogP contribution < -0.4 is 15.8 Å². The lowest BCUT2D eigenvalue weighted by Gasteiger charge is -2.16. The molecule has 1 aromatic rings. The van der Waals surface area contributed by atoms with Crippen molar-refractivity contribution in [3.8, 4) is 0 Å². The van der Waals surface area contributed by atoms with Gasteiger partial charge in [-0.05, 0) is 38.0 Å². The second-order valence-electron chi connectivity index (χ2n) is 4.95. The predicted octanol–water partition coefficient (Wildman–Crippen LogP) is 2.91. The molecule has 24 heavy (non-hydrogen) atoms. The smallest absolute Gasteiger partial charge is 0.211 e. The Bertz CT molecular complexity index is 656. The first-order chi connectivity index (χ1) is 10.7. The Kier molecular flexibility index (Phi) is 11.2. The number of hydrogen-bond acceptors (Lipinski definition) is 3. The third-order valence-corrected chi connectivity index (χ3v) is 5.08. The second kappa shape index (κ2) is 11.3. The van der Waals surface area contributed by atoms with Crippen molar-refractivity contribution in [2.45, 2.75) is 26.3 Å². The Morgan fingerprint density at radius 2 is 2.04 bits per heavy atom. The maximum absolute atomic E-state index is 11.2. The lowest BCUT2D eigenvalue weighted by Crippen LogP contribution is -2.34. The summed E-state index contributed by atoms with van der Waals surface area (Å²) in [5.41, 5.74) is 6.68. The zero-order chi connectivity index (χ0) is 17.5. The molecule has 1 atom stereocenters. The monoisotopic (exact) mass is 508 g/mol. The fraction of sp³-hybridized carbons (Fsp3) is 0.500. The van der Waals surface area contributed by atoms with E-state index in [2.05, 4.69) is 15.0 Å². The second-order valence-corrected chi connectivity index (χ2v) is 7.89. The minimum atomic E-state index is -3.15. The number of benzene rings is 1. The number of halogens is 3. The molecule has 0 aromatic heterocycles. The number of rotatable bonds is 8. The molecule has 10 heteroatoms. The predicted molar refractivity (Wildman–Crippen MR) is 112 cm³/mol. The number of aliphatic imine (C=N–C) groups is 1.